The van der Waals surface area contributed by atoms with Gasteiger partial charge in [-0.1, -0.05) is 38.8 Å². The van der Waals surface area contributed by atoms with Crippen LogP contribution in [0.3, 0.4) is 0 Å². The van der Waals surface area contributed by atoms with Gasteiger partial charge in [-0.15, -0.1) is 0 Å². The molecule has 3 heteroatoms. The summed E-state index contributed by atoms with van der Waals surface area (Å²) >= 11 is 5.79. The Hall–Kier alpha value is -0.0500. The van der Waals surface area contributed by atoms with Gasteiger partial charge in [0.05, 0.1) is 0 Å². The molecule has 2 nitrogen and oxygen atoms in total. The molecule has 0 radical (unpaired) electrons. The first-order chi connectivity index (χ1) is 8.08. The van der Waals surface area contributed by atoms with Crippen LogP contribution >= 0.6 is 11.6 Å². The van der Waals surface area contributed by atoms with E-state index in [2.05, 4.69) is 37.9 Å². The molecule has 1 rings (SSSR count). The minimum absolute atomic E-state index is 0.634. The molecule has 0 saturated carbocycles. The Bertz CT molecular complexity index is 251. The smallest absolute Gasteiger partial charge is 0.0247 e. The van der Waals surface area contributed by atoms with Crippen molar-refractivity contribution in [2.75, 3.05) is 19.6 Å². The first-order valence-corrected chi connectivity index (χ1v) is 7.25. The SMILES string of the molecule is CCCC1CN(CC(C)=CCl)C(C(C)C)CN1. The normalized spacial score (nSPS) is 27.8. The third kappa shape index (κ3) is 4.61. The Morgan fingerprint density at radius 1 is 1.53 bits per heavy atom. The van der Waals surface area contributed by atoms with Crippen molar-refractivity contribution in [3.8, 4) is 0 Å². The van der Waals surface area contributed by atoms with Gasteiger partial charge >= 0.3 is 0 Å². The molecule has 0 aromatic heterocycles. The Morgan fingerprint density at radius 3 is 2.76 bits per heavy atom. The van der Waals surface area contributed by atoms with Gasteiger partial charge in [0.1, 0.15) is 0 Å². The third-order valence-electron chi connectivity index (χ3n) is 3.59. The second kappa shape index (κ2) is 7.40. The predicted molar refractivity (Wildman–Crippen MR) is 76.5 cm³/mol. The van der Waals surface area contributed by atoms with E-state index >= 15 is 0 Å². The lowest BCUT2D eigenvalue weighted by molar-refractivity contribution is 0.106. The van der Waals surface area contributed by atoms with Crippen molar-refractivity contribution < 1.29 is 0 Å². The van der Waals surface area contributed by atoms with Crippen LogP contribution in [-0.2, 0) is 0 Å². The standard InChI is InChI=1S/C14H27ClN2/c1-5-6-13-10-17(9-12(4)7-15)14(8-16-13)11(2)3/h7,11,13-14,16H,5-6,8-10H2,1-4H3. The maximum absolute atomic E-state index is 5.79. The zero-order valence-electron chi connectivity index (χ0n) is 11.7. The van der Waals surface area contributed by atoms with Crippen molar-refractivity contribution in [3.63, 3.8) is 0 Å². The van der Waals surface area contributed by atoms with Gasteiger partial charge in [0.25, 0.3) is 0 Å². The summed E-state index contributed by atoms with van der Waals surface area (Å²) in [6.45, 7) is 12.2. The Morgan fingerprint density at radius 2 is 2.24 bits per heavy atom. The topological polar surface area (TPSA) is 15.3 Å². The zero-order valence-corrected chi connectivity index (χ0v) is 12.4. The van der Waals surface area contributed by atoms with Crippen molar-refractivity contribution in [3.05, 3.63) is 11.1 Å². The number of piperazine rings is 1. The van der Waals surface area contributed by atoms with Crippen LogP contribution in [0.1, 0.15) is 40.5 Å². The summed E-state index contributed by atoms with van der Waals surface area (Å²) in [6, 6.07) is 1.28. The zero-order chi connectivity index (χ0) is 12.8. The van der Waals surface area contributed by atoms with E-state index in [-0.39, 0.29) is 0 Å². The van der Waals surface area contributed by atoms with E-state index in [1.807, 2.05) is 0 Å². The van der Waals surface area contributed by atoms with E-state index in [1.54, 1.807) is 5.54 Å². The first-order valence-electron chi connectivity index (χ1n) is 6.81. The fourth-order valence-electron chi connectivity index (χ4n) is 2.64. The summed E-state index contributed by atoms with van der Waals surface area (Å²) in [7, 11) is 0. The van der Waals surface area contributed by atoms with Gasteiger partial charge in [-0.2, -0.15) is 0 Å². The van der Waals surface area contributed by atoms with Gasteiger partial charge in [-0.05, 0) is 24.8 Å². The summed E-state index contributed by atoms with van der Waals surface area (Å²) < 4.78 is 0. The predicted octanol–water partition coefficient (Wildman–Crippen LogP) is 3.23. The van der Waals surface area contributed by atoms with Crippen LogP contribution in [0.5, 0.6) is 0 Å². The van der Waals surface area contributed by atoms with Crippen LogP contribution < -0.4 is 5.32 Å². The van der Waals surface area contributed by atoms with Crippen LogP contribution in [0.2, 0.25) is 0 Å². The molecule has 0 aromatic rings. The van der Waals surface area contributed by atoms with Gasteiger partial charge in [0, 0.05) is 37.3 Å². The maximum atomic E-state index is 5.79. The van der Waals surface area contributed by atoms with E-state index in [9.17, 15) is 0 Å². The second-order valence-corrected chi connectivity index (χ2v) is 5.81. The number of nitrogens with one attached hydrogen (secondary N) is 1. The van der Waals surface area contributed by atoms with E-state index in [1.165, 1.54) is 18.4 Å². The lowest BCUT2D eigenvalue weighted by Crippen LogP contribution is -2.58. The van der Waals surface area contributed by atoms with Gasteiger partial charge in [-0.25, -0.2) is 0 Å². The highest BCUT2D eigenvalue weighted by atomic mass is 35.5. The summed E-state index contributed by atoms with van der Waals surface area (Å²) in [6.07, 6.45) is 2.52. The Labute approximate surface area is 111 Å². The third-order valence-corrected chi connectivity index (χ3v) is 3.96. The molecule has 17 heavy (non-hydrogen) atoms. The largest absolute Gasteiger partial charge is 0.311 e. The summed E-state index contributed by atoms with van der Waals surface area (Å²) in [5.74, 6) is 0.688. The number of halogens is 1. The molecule has 0 amide bonds. The van der Waals surface area contributed by atoms with Gasteiger partial charge in [-0.3, -0.25) is 4.90 Å². The molecule has 1 aliphatic heterocycles. The lowest BCUT2D eigenvalue weighted by atomic mass is 9.96. The molecule has 0 aromatic carbocycles. The van der Waals surface area contributed by atoms with E-state index in [4.69, 9.17) is 11.6 Å². The molecule has 1 heterocycles. The van der Waals surface area contributed by atoms with Crippen LogP contribution in [-0.4, -0.2) is 36.6 Å². The molecule has 1 saturated heterocycles. The molecule has 100 valence electrons. The summed E-state index contributed by atoms with van der Waals surface area (Å²) in [4.78, 5) is 2.59. The van der Waals surface area contributed by atoms with E-state index in [0.717, 1.165) is 19.6 Å². The van der Waals surface area contributed by atoms with Gasteiger partial charge in [0.15, 0.2) is 0 Å². The average molecular weight is 259 g/mol. The van der Waals surface area contributed by atoms with Crippen LogP contribution in [0.4, 0.5) is 0 Å². The molecule has 1 aliphatic rings. The monoisotopic (exact) mass is 258 g/mol. The Balaban J connectivity index is 2.62. The van der Waals surface area contributed by atoms with Crippen molar-refractivity contribution >= 4 is 11.6 Å². The van der Waals surface area contributed by atoms with Crippen molar-refractivity contribution in [1.29, 1.82) is 0 Å². The molecule has 2 atom stereocenters. The highest BCUT2D eigenvalue weighted by molar-refractivity contribution is 6.25. The Kier molecular flexibility index (Phi) is 6.53. The molecule has 0 spiro atoms. The highest BCUT2D eigenvalue weighted by Crippen LogP contribution is 2.18. The summed E-state index contributed by atoms with van der Waals surface area (Å²) in [5, 5.41) is 3.68. The maximum Gasteiger partial charge on any atom is 0.0247 e. The average Bonchev–Trinajstić information content (AvgIpc) is 2.29. The molecular weight excluding hydrogens is 232 g/mol. The molecule has 2 unspecified atom stereocenters. The lowest BCUT2D eigenvalue weighted by Gasteiger charge is -2.42. The van der Waals surface area contributed by atoms with Crippen LogP contribution in [0, 0.1) is 5.92 Å². The second-order valence-electron chi connectivity index (χ2n) is 5.59. The minimum atomic E-state index is 0.634. The van der Waals surface area contributed by atoms with Gasteiger partial charge in [0.2, 0.25) is 0 Å². The van der Waals surface area contributed by atoms with Crippen LogP contribution in [0.15, 0.2) is 11.1 Å². The molecule has 1 fully saturated rings. The first kappa shape index (κ1) is 15.0. The molecular formula is C14H27ClN2. The summed E-state index contributed by atoms with van der Waals surface area (Å²) in [5.41, 5.74) is 2.98. The number of hydrogen-bond acceptors (Lipinski definition) is 2. The fraction of sp³-hybridized carbons (Fsp3) is 0.857. The number of hydrogen-bond donors (Lipinski definition) is 1. The van der Waals surface area contributed by atoms with Crippen molar-refractivity contribution in [1.82, 2.24) is 10.2 Å². The molecule has 1 N–H and O–H groups in total. The fourth-order valence-corrected chi connectivity index (χ4v) is 2.70. The van der Waals surface area contributed by atoms with Gasteiger partial charge < -0.3 is 5.32 Å². The van der Waals surface area contributed by atoms with E-state index < -0.39 is 0 Å². The van der Waals surface area contributed by atoms with Crippen molar-refractivity contribution in [2.45, 2.75) is 52.6 Å². The number of rotatable bonds is 5. The van der Waals surface area contributed by atoms with Crippen LogP contribution in [0.25, 0.3) is 0 Å². The molecule has 0 aliphatic carbocycles. The van der Waals surface area contributed by atoms with Crippen molar-refractivity contribution in [2.24, 2.45) is 5.92 Å². The quantitative estimate of drug-likeness (QED) is 0.815. The number of nitrogens with zero attached hydrogens (tertiary/aromatic N) is 1. The van der Waals surface area contributed by atoms with E-state index in [0.29, 0.717) is 18.0 Å². The highest BCUT2D eigenvalue weighted by Gasteiger charge is 2.29. The molecule has 0 bridgehead atoms. The minimum Gasteiger partial charge on any atom is -0.311 e.